The first-order valence-corrected chi connectivity index (χ1v) is 7.67. The zero-order valence-corrected chi connectivity index (χ0v) is 13.8. The lowest BCUT2D eigenvalue weighted by Gasteiger charge is -2.05. The minimum Gasteiger partial charge on any atom is -0.462 e. The van der Waals surface area contributed by atoms with Crippen molar-refractivity contribution in [2.24, 2.45) is 0 Å². The second-order valence-electron chi connectivity index (χ2n) is 4.44. The van der Waals surface area contributed by atoms with Gasteiger partial charge in [0, 0.05) is 20.5 Å². The SMILES string of the molecule is CCOC(=O)c1c[nH]c2c(=O)[nH]c3cc(Cl)c(I)cc3c12. The number of hydrogen-bond donors (Lipinski definition) is 2. The Balaban J connectivity index is 2.45. The van der Waals surface area contributed by atoms with Crippen LogP contribution in [0.5, 0.6) is 0 Å². The van der Waals surface area contributed by atoms with Crippen molar-refractivity contribution in [3.63, 3.8) is 0 Å². The molecule has 0 spiro atoms. The van der Waals surface area contributed by atoms with E-state index in [9.17, 15) is 9.59 Å². The van der Waals surface area contributed by atoms with Gasteiger partial charge in [0.15, 0.2) is 0 Å². The third-order valence-electron chi connectivity index (χ3n) is 3.18. The summed E-state index contributed by atoms with van der Waals surface area (Å²) in [5, 5.41) is 1.86. The first kappa shape index (κ1) is 14.4. The Hall–Kier alpha value is -1.54. The number of rotatable bonds is 2. The van der Waals surface area contributed by atoms with Crippen LogP contribution in [0.2, 0.25) is 5.02 Å². The van der Waals surface area contributed by atoms with Gasteiger partial charge in [0.25, 0.3) is 5.56 Å². The van der Waals surface area contributed by atoms with Gasteiger partial charge in [0.1, 0.15) is 5.52 Å². The number of carbonyl (C=O) groups is 1. The molecular formula is C14H10ClIN2O3. The zero-order chi connectivity index (χ0) is 15.1. The summed E-state index contributed by atoms with van der Waals surface area (Å²) in [7, 11) is 0. The first-order valence-electron chi connectivity index (χ1n) is 6.22. The summed E-state index contributed by atoms with van der Waals surface area (Å²) in [4.78, 5) is 29.7. The van der Waals surface area contributed by atoms with Crippen LogP contribution in [0.15, 0.2) is 23.1 Å². The van der Waals surface area contributed by atoms with Gasteiger partial charge in [-0.15, -0.1) is 0 Å². The Morgan fingerprint density at radius 3 is 2.90 bits per heavy atom. The van der Waals surface area contributed by atoms with Crippen molar-refractivity contribution in [2.75, 3.05) is 6.61 Å². The van der Waals surface area contributed by atoms with Crippen molar-refractivity contribution in [2.45, 2.75) is 6.92 Å². The normalized spacial score (nSPS) is 11.2. The van der Waals surface area contributed by atoms with E-state index in [0.717, 1.165) is 8.96 Å². The molecule has 5 nitrogen and oxygen atoms in total. The average molecular weight is 417 g/mol. The minimum absolute atomic E-state index is 0.274. The van der Waals surface area contributed by atoms with E-state index >= 15 is 0 Å². The number of fused-ring (bicyclic) bond motifs is 3. The van der Waals surface area contributed by atoms with Gasteiger partial charge in [-0.1, -0.05) is 11.6 Å². The Bertz CT molecular complexity index is 929. The van der Waals surface area contributed by atoms with Crippen LogP contribution < -0.4 is 5.56 Å². The number of benzene rings is 1. The van der Waals surface area contributed by atoms with E-state index in [0.29, 0.717) is 27.0 Å². The van der Waals surface area contributed by atoms with Gasteiger partial charge >= 0.3 is 5.97 Å². The number of ether oxygens (including phenoxy) is 1. The largest absolute Gasteiger partial charge is 0.462 e. The van der Waals surface area contributed by atoms with Crippen LogP contribution in [0.4, 0.5) is 0 Å². The van der Waals surface area contributed by atoms with Crippen LogP contribution in [0.3, 0.4) is 0 Å². The van der Waals surface area contributed by atoms with E-state index in [2.05, 4.69) is 32.6 Å². The smallest absolute Gasteiger partial charge is 0.340 e. The Morgan fingerprint density at radius 2 is 2.19 bits per heavy atom. The Kier molecular flexibility index (Phi) is 3.66. The highest BCUT2D eigenvalue weighted by Gasteiger charge is 2.18. The van der Waals surface area contributed by atoms with Gasteiger partial charge < -0.3 is 14.7 Å². The van der Waals surface area contributed by atoms with Gasteiger partial charge in [-0.25, -0.2) is 4.79 Å². The Labute approximate surface area is 137 Å². The summed E-state index contributed by atoms with van der Waals surface area (Å²) < 4.78 is 5.88. The fourth-order valence-electron chi connectivity index (χ4n) is 2.29. The maximum absolute atomic E-state index is 12.1. The molecule has 0 unspecified atom stereocenters. The summed E-state index contributed by atoms with van der Waals surface area (Å²) in [5.41, 5.74) is 0.984. The lowest BCUT2D eigenvalue weighted by Crippen LogP contribution is -2.08. The summed E-state index contributed by atoms with van der Waals surface area (Å²) in [6.07, 6.45) is 1.50. The van der Waals surface area contributed by atoms with Gasteiger partial charge in [-0.05, 0) is 41.6 Å². The number of H-pyrrole nitrogens is 2. The van der Waals surface area contributed by atoms with Crippen molar-refractivity contribution in [1.29, 1.82) is 0 Å². The van der Waals surface area contributed by atoms with Crippen LogP contribution in [0, 0.1) is 3.57 Å². The molecule has 7 heteroatoms. The van der Waals surface area contributed by atoms with E-state index in [4.69, 9.17) is 16.3 Å². The van der Waals surface area contributed by atoms with E-state index in [-0.39, 0.29) is 12.2 Å². The number of hydrogen-bond acceptors (Lipinski definition) is 3. The van der Waals surface area contributed by atoms with Crippen molar-refractivity contribution in [3.8, 4) is 0 Å². The second kappa shape index (κ2) is 5.34. The topological polar surface area (TPSA) is 75.0 Å². The molecule has 3 rings (SSSR count). The second-order valence-corrected chi connectivity index (χ2v) is 6.01. The van der Waals surface area contributed by atoms with E-state index in [1.165, 1.54) is 6.20 Å². The van der Waals surface area contributed by atoms with Crippen molar-refractivity contribution < 1.29 is 9.53 Å². The minimum atomic E-state index is -0.458. The number of halogens is 2. The molecule has 3 aromatic rings. The van der Waals surface area contributed by atoms with Crippen LogP contribution in [0.25, 0.3) is 21.8 Å². The molecule has 2 aromatic heterocycles. The highest BCUT2D eigenvalue weighted by Crippen LogP contribution is 2.30. The van der Waals surface area contributed by atoms with Gasteiger partial charge in [-0.2, -0.15) is 0 Å². The maximum atomic E-state index is 12.1. The number of aromatic amines is 2. The molecule has 0 radical (unpaired) electrons. The summed E-state index contributed by atoms with van der Waals surface area (Å²) in [6, 6.07) is 3.52. The van der Waals surface area contributed by atoms with E-state index in [1.54, 1.807) is 13.0 Å². The monoisotopic (exact) mass is 416 g/mol. The highest BCUT2D eigenvalue weighted by atomic mass is 127. The summed E-state index contributed by atoms with van der Waals surface area (Å²) >= 11 is 8.20. The third-order valence-corrected chi connectivity index (χ3v) is 4.70. The summed E-state index contributed by atoms with van der Waals surface area (Å²) in [6.45, 7) is 2.01. The molecule has 108 valence electrons. The quantitative estimate of drug-likeness (QED) is 0.496. The lowest BCUT2D eigenvalue weighted by atomic mass is 10.1. The van der Waals surface area contributed by atoms with Crippen molar-refractivity contribution >= 4 is 62.0 Å². The summed E-state index contributed by atoms with van der Waals surface area (Å²) in [5.74, 6) is -0.458. The molecular weight excluding hydrogens is 407 g/mol. The highest BCUT2D eigenvalue weighted by molar-refractivity contribution is 14.1. The molecule has 1 aromatic carbocycles. The number of carbonyl (C=O) groups excluding carboxylic acids is 1. The Morgan fingerprint density at radius 1 is 1.43 bits per heavy atom. The predicted molar refractivity (Wildman–Crippen MR) is 90.1 cm³/mol. The molecule has 2 heterocycles. The molecule has 0 aliphatic carbocycles. The van der Waals surface area contributed by atoms with Crippen LogP contribution >= 0.6 is 34.2 Å². The molecule has 0 bridgehead atoms. The number of pyridine rings is 1. The molecule has 0 saturated heterocycles. The average Bonchev–Trinajstić information content (AvgIpc) is 2.87. The molecule has 0 fully saturated rings. The van der Waals surface area contributed by atoms with Crippen molar-refractivity contribution in [1.82, 2.24) is 9.97 Å². The number of nitrogens with one attached hydrogen (secondary N) is 2. The van der Waals surface area contributed by atoms with Crippen molar-refractivity contribution in [3.05, 3.63) is 42.8 Å². The molecule has 21 heavy (non-hydrogen) atoms. The molecule has 0 saturated carbocycles. The van der Waals surface area contributed by atoms with Crippen LogP contribution in [-0.4, -0.2) is 22.5 Å². The fourth-order valence-corrected chi connectivity index (χ4v) is 2.92. The van der Waals surface area contributed by atoms with E-state index in [1.807, 2.05) is 6.07 Å². The molecule has 2 N–H and O–H groups in total. The van der Waals surface area contributed by atoms with Crippen LogP contribution in [-0.2, 0) is 4.74 Å². The first-order chi connectivity index (χ1) is 10.0. The fraction of sp³-hybridized carbons (Fsp3) is 0.143. The molecule has 0 atom stereocenters. The lowest BCUT2D eigenvalue weighted by molar-refractivity contribution is 0.0529. The van der Waals surface area contributed by atoms with E-state index < -0.39 is 5.97 Å². The number of esters is 1. The maximum Gasteiger partial charge on any atom is 0.340 e. The standard InChI is InChI=1S/C14H10ClIN2O3/c1-2-21-14(20)7-5-17-12-11(7)6-3-9(16)8(15)4-10(6)18-13(12)19/h3-5,17H,2H2,1H3,(H,18,19). The van der Waals surface area contributed by atoms with Gasteiger partial charge in [0.2, 0.25) is 0 Å². The number of aromatic nitrogens is 2. The molecule has 0 aliphatic rings. The zero-order valence-electron chi connectivity index (χ0n) is 10.9. The van der Waals surface area contributed by atoms with Crippen LogP contribution in [0.1, 0.15) is 17.3 Å². The molecule has 0 amide bonds. The predicted octanol–water partition coefficient (Wildman–Crippen LogP) is 3.44. The third kappa shape index (κ3) is 2.32. The van der Waals surface area contributed by atoms with Gasteiger partial charge in [-0.3, -0.25) is 4.79 Å². The van der Waals surface area contributed by atoms with Gasteiger partial charge in [0.05, 0.1) is 22.7 Å². The molecule has 0 aliphatic heterocycles.